The minimum atomic E-state index is 0.928. The molecule has 2 aromatic carbocycles. The number of benzene rings is 2. The number of rotatable bonds is 2. The molecular weight excluding hydrogens is 318 g/mol. The maximum absolute atomic E-state index is 4.42. The number of fused-ring (bicyclic) bond motifs is 1. The summed E-state index contributed by atoms with van der Waals surface area (Å²) in [7, 11) is 2.21. The second-order valence-electron chi connectivity index (χ2n) is 7.43. The van der Waals surface area contributed by atoms with Crippen molar-refractivity contribution in [3.8, 4) is 22.4 Å². The molecule has 3 aromatic rings. The molecule has 0 radical (unpaired) electrons. The lowest BCUT2D eigenvalue weighted by molar-refractivity contribution is 0.332. The minimum absolute atomic E-state index is 0.928. The third kappa shape index (κ3) is 3.40. The van der Waals surface area contributed by atoms with Gasteiger partial charge in [-0.05, 0) is 80.7 Å². The van der Waals surface area contributed by atoms with Gasteiger partial charge in [-0.25, -0.2) is 0 Å². The Morgan fingerprint density at radius 2 is 1.73 bits per heavy atom. The second kappa shape index (κ2) is 7.00. The van der Waals surface area contributed by atoms with Crippen LogP contribution in [0.5, 0.6) is 0 Å². The van der Waals surface area contributed by atoms with Gasteiger partial charge in [0, 0.05) is 12.1 Å². The predicted octanol–water partition coefficient (Wildman–Crippen LogP) is 4.81. The Labute approximate surface area is 155 Å². The highest BCUT2D eigenvalue weighted by molar-refractivity contribution is 5.82. The van der Waals surface area contributed by atoms with Crippen LogP contribution in [0, 0.1) is 13.8 Å². The van der Waals surface area contributed by atoms with E-state index in [0.29, 0.717) is 0 Å². The largest absolute Gasteiger partial charge is 0.302 e. The SMILES string of the molecule is Cc1ccc(-c2ccc(C)nn2)c(-c2ccc3c(c2)CN(C)CCC3)c1. The first-order chi connectivity index (χ1) is 12.6. The Hall–Kier alpha value is -2.52. The monoisotopic (exact) mass is 343 g/mol. The average molecular weight is 343 g/mol. The molecule has 0 N–H and O–H groups in total. The lowest BCUT2D eigenvalue weighted by atomic mass is 9.92. The molecule has 2 heterocycles. The van der Waals surface area contributed by atoms with Crippen LogP contribution in [0.4, 0.5) is 0 Å². The fourth-order valence-electron chi connectivity index (χ4n) is 3.76. The number of nitrogens with zero attached hydrogens (tertiary/aromatic N) is 3. The first-order valence-electron chi connectivity index (χ1n) is 9.32. The molecule has 26 heavy (non-hydrogen) atoms. The molecule has 132 valence electrons. The minimum Gasteiger partial charge on any atom is -0.302 e. The van der Waals surface area contributed by atoms with Crippen molar-refractivity contribution in [2.45, 2.75) is 33.2 Å². The van der Waals surface area contributed by atoms with E-state index in [2.05, 4.69) is 71.5 Å². The van der Waals surface area contributed by atoms with Crippen molar-refractivity contribution in [3.05, 3.63) is 70.9 Å². The zero-order valence-corrected chi connectivity index (χ0v) is 15.8. The molecule has 0 fully saturated rings. The maximum atomic E-state index is 4.42. The van der Waals surface area contributed by atoms with E-state index in [9.17, 15) is 0 Å². The number of hydrogen-bond donors (Lipinski definition) is 0. The summed E-state index contributed by atoms with van der Waals surface area (Å²) in [5.74, 6) is 0. The summed E-state index contributed by atoms with van der Waals surface area (Å²) in [6, 6.07) is 17.6. The molecule has 3 heteroatoms. The molecule has 1 aromatic heterocycles. The second-order valence-corrected chi connectivity index (χ2v) is 7.43. The molecule has 4 rings (SSSR count). The third-order valence-corrected chi connectivity index (χ3v) is 5.19. The highest BCUT2D eigenvalue weighted by Gasteiger charge is 2.15. The van der Waals surface area contributed by atoms with E-state index in [4.69, 9.17) is 0 Å². The Balaban J connectivity index is 1.83. The van der Waals surface area contributed by atoms with E-state index in [1.165, 1.54) is 47.2 Å². The van der Waals surface area contributed by atoms with Gasteiger partial charge >= 0.3 is 0 Å². The Morgan fingerprint density at radius 1 is 0.846 bits per heavy atom. The molecule has 0 aliphatic carbocycles. The van der Waals surface area contributed by atoms with Crippen LogP contribution in [0.3, 0.4) is 0 Å². The highest BCUT2D eigenvalue weighted by atomic mass is 15.1. The molecule has 3 nitrogen and oxygen atoms in total. The smallest absolute Gasteiger partial charge is 0.0936 e. The van der Waals surface area contributed by atoms with Gasteiger partial charge in [0.1, 0.15) is 0 Å². The van der Waals surface area contributed by atoms with Gasteiger partial charge in [0.2, 0.25) is 0 Å². The lowest BCUT2D eigenvalue weighted by Gasteiger charge is -2.16. The Morgan fingerprint density at radius 3 is 2.54 bits per heavy atom. The van der Waals surface area contributed by atoms with E-state index in [1.54, 1.807) is 0 Å². The van der Waals surface area contributed by atoms with E-state index in [-0.39, 0.29) is 0 Å². The van der Waals surface area contributed by atoms with E-state index in [1.807, 2.05) is 13.0 Å². The Bertz CT molecular complexity index is 929. The molecule has 0 saturated carbocycles. The van der Waals surface area contributed by atoms with Crippen LogP contribution in [0.1, 0.15) is 28.8 Å². The molecule has 0 atom stereocenters. The molecule has 0 spiro atoms. The maximum Gasteiger partial charge on any atom is 0.0936 e. The zero-order chi connectivity index (χ0) is 18.1. The van der Waals surface area contributed by atoms with Crippen molar-refractivity contribution in [1.82, 2.24) is 15.1 Å². The third-order valence-electron chi connectivity index (χ3n) is 5.19. The molecule has 1 aliphatic rings. The van der Waals surface area contributed by atoms with Crippen LogP contribution in [-0.4, -0.2) is 28.7 Å². The topological polar surface area (TPSA) is 29.0 Å². The fourth-order valence-corrected chi connectivity index (χ4v) is 3.76. The summed E-state index contributed by atoms with van der Waals surface area (Å²) in [5.41, 5.74) is 9.71. The number of aryl methyl sites for hydroxylation is 3. The van der Waals surface area contributed by atoms with Crippen molar-refractivity contribution >= 4 is 0 Å². The normalized spacial score (nSPS) is 14.7. The fraction of sp³-hybridized carbons (Fsp3) is 0.304. The average Bonchev–Trinajstić information content (AvgIpc) is 2.82. The summed E-state index contributed by atoms with van der Waals surface area (Å²) in [6.45, 7) is 6.30. The molecule has 0 saturated heterocycles. The van der Waals surface area contributed by atoms with Crippen LogP contribution < -0.4 is 0 Å². The quantitative estimate of drug-likeness (QED) is 0.669. The highest BCUT2D eigenvalue weighted by Crippen LogP contribution is 2.33. The van der Waals surface area contributed by atoms with E-state index in [0.717, 1.165) is 23.5 Å². The van der Waals surface area contributed by atoms with Crippen LogP contribution in [0.25, 0.3) is 22.4 Å². The van der Waals surface area contributed by atoms with Crippen molar-refractivity contribution in [3.63, 3.8) is 0 Å². The molecule has 1 aliphatic heterocycles. The first kappa shape index (κ1) is 16.9. The standard InChI is InChI=1S/C23H25N3/c1-16-6-10-21(23-11-7-17(2)24-25-23)22(13-16)19-9-8-18-5-4-12-26(3)15-20(18)14-19/h6-11,13-14H,4-5,12,15H2,1-3H3. The lowest BCUT2D eigenvalue weighted by Crippen LogP contribution is -2.17. The van der Waals surface area contributed by atoms with Gasteiger partial charge in [-0.3, -0.25) is 0 Å². The van der Waals surface area contributed by atoms with Gasteiger partial charge < -0.3 is 4.90 Å². The number of aromatic nitrogens is 2. The van der Waals surface area contributed by atoms with E-state index >= 15 is 0 Å². The molecule has 0 amide bonds. The first-order valence-corrected chi connectivity index (χ1v) is 9.32. The summed E-state index contributed by atoms with van der Waals surface area (Å²) < 4.78 is 0. The zero-order valence-electron chi connectivity index (χ0n) is 15.8. The summed E-state index contributed by atoms with van der Waals surface area (Å²) >= 11 is 0. The van der Waals surface area contributed by atoms with E-state index < -0.39 is 0 Å². The van der Waals surface area contributed by atoms with Gasteiger partial charge in [0.15, 0.2) is 0 Å². The molecule has 0 bridgehead atoms. The summed E-state index contributed by atoms with van der Waals surface area (Å²) in [4.78, 5) is 2.41. The molecule has 0 unspecified atom stereocenters. The predicted molar refractivity (Wildman–Crippen MR) is 107 cm³/mol. The van der Waals surface area contributed by atoms with Gasteiger partial charge in [0.25, 0.3) is 0 Å². The van der Waals surface area contributed by atoms with Gasteiger partial charge in [-0.2, -0.15) is 10.2 Å². The van der Waals surface area contributed by atoms with Crippen molar-refractivity contribution < 1.29 is 0 Å². The Kier molecular flexibility index (Phi) is 4.56. The van der Waals surface area contributed by atoms with Crippen molar-refractivity contribution in [2.75, 3.05) is 13.6 Å². The van der Waals surface area contributed by atoms with Gasteiger partial charge in [-0.1, -0.05) is 35.9 Å². The van der Waals surface area contributed by atoms with Crippen LogP contribution in [-0.2, 0) is 13.0 Å². The van der Waals surface area contributed by atoms with Gasteiger partial charge in [-0.15, -0.1) is 0 Å². The van der Waals surface area contributed by atoms with Crippen LogP contribution >= 0.6 is 0 Å². The van der Waals surface area contributed by atoms with Crippen LogP contribution in [0.2, 0.25) is 0 Å². The van der Waals surface area contributed by atoms with Crippen molar-refractivity contribution in [2.24, 2.45) is 0 Å². The summed E-state index contributed by atoms with van der Waals surface area (Å²) in [5, 5.41) is 8.67. The van der Waals surface area contributed by atoms with Gasteiger partial charge in [0.05, 0.1) is 11.4 Å². The summed E-state index contributed by atoms with van der Waals surface area (Å²) in [6.07, 6.45) is 2.40. The van der Waals surface area contributed by atoms with Crippen molar-refractivity contribution in [1.29, 1.82) is 0 Å². The molecular formula is C23H25N3. The number of hydrogen-bond acceptors (Lipinski definition) is 3. The van der Waals surface area contributed by atoms with Crippen LogP contribution in [0.15, 0.2) is 48.5 Å².